The molecule has 1 aromatic heterocycles. The van der Waals surface area contributed by atoms with Crippen molar-refractivity contribution in [1.82, 2.24) is 9.97 Å². The number of aryl methyl sites for hydroxylation is 1. The highest BCUT2D eigenvalue weighted by Crippen LogP contribution is 2.13. The molecule has 0 aliphatic carbocycles. The van der Waals surface area contributed by atoms with Crippen molar-refractivity contribution < 1.29 is 0 Å². The van der Waals surface area contributed by atoms with Crippen molar-refractivity contribution >= 4 is 11.8 Å². The van der Waals surface area contributed by atoms with E-state index in [4.69, 9.17) is 0 Å². The summed E-state index contributed by atoms with van der Waals surface area (Å²) in [6.45, 7) is 9.36. The van der Waals surface area contributed by atoms with Gasteiger partial charge in [-0.15, -0.1) is 0 Å². The lowest BCUT2D eigenvalue weighted by Gasteiger charge is -2.15. The van der Waals surface area contributed by atoms with Gasteiger partial charge in [-0.25, -0.2) is 4.98 Å². The highest BCUT2D eigenvalue weighted by molar-refractivity contribution is 5.42. The first kappa shape index (κ1) is 15.7. The van der Waals surface area contributed by atoms with Gasteiger partial charge in [0.2, 0.25) is 5.95 Å². The molecule has 19 heavy (non-hydrogen) atoms. The van der Waals surface area contributed by atoms with Crippen LogP contribution in [0, 0.1) is 6.92 Å². The van der Waals surface area contributed by atoms with Gasteiger partial charge < -0.3 is 10.6 Å². The van der Waals surface area contributed by atoms with Gasteiger partial charge >= 0.3 is 0 Å². The first-order chi connectivity index (χ1) is 9.15. The zero-order chi connectivity index (χ0) is 14.1. The molecule has 1 heterocycles. The van der Waals surface area contributed by atoms with Crippen molar-refractivity contribution in [3.63, 3.8) is 0 Å². The van der Waals surface area contributed by atoms with E-state index in [-0.39, 0.29) is 0 Å². The first-order valence-electron chi connectivity index (χ1n) is 7.51. The molecular weight excluding hydrogens is 236 g/mol. The van der Waals surface area contributed by atoms with Crippen LogP contribution < -0.4 is 10.6 Å². The summed E-state index contributed by atoms with van der Waals surface area (Å²) < 4.78 is 0. The third-order valence-corrected chi connectivity index (χ3v) is 3.07. The molecule has 0 saturated carbocycles. The largest absolute Gasteiger partial charge is 0.367 e. The normalized spacial score (nSPS) is 12.2. The van der Waals surface area contributed by atoms with E-state index in [1.807, 2.05) is 13.0 Å². The second-order valence-electron chi connectivity index (χ2n) is 5.14. The van der Waals surface area contributed by atoms with Gasteiger partial charge in [0.25, 0.3) is 0 Å². The fourth-order valence-electron chi connectivity index (χ4n) is 2.08. The summed E-state index contributed by atoms with van der Waals surface area (Å²) in [6.07, 6.45) is 6.43. The van der Waals surface area contributed by atoms with Crippen LogP contribution >= 0.6 is 0 Å². The fourth-order valence-corrected chi connectivity index (χ4v) is 2.08. The Labute approximate surface area is 117 Å². The van der Waals surface area contributed by atoms with Crippen LogP contribution in [0.3, 0.4) is 0 Å². The molecule has 1 atom stereocenters. The predicted octanol–water partition coefficient (Wildman–Crippen LogP) is 3.99. The maximum atomic E-state index is 4.47. The minimum atomic E-state index is 0.459. The maximum absolute atomic E-state index is 4.47. The average molecular weight is 264 g/mol. The lowest BCUT2D eigenvalue weighted by atomic mass is 10.1. The van der Waals surface area contributed by atoms with Crippen molar-refractivity contribution in [2.75, 3.05) is 17.2 Å². The molecule has 1 aromatic rings. The molecule has 108 valence electrons. The molecule has 4 heteroatoms. The zero-order valence-electron chi connectivity index (χ0n) is 12.8. The van der Waals surface area contributed by atoms with E-state index < -0.39 is 0 Å². The van der Waals surface area contributed by atoms with Gasteiger partial charge in [0.15, 0.2) is 0 Å². The van der Waals surface area contributed by atoms with Gasteiger partial charge in [-0.2, -0.15) is 4.98 Å². The van der Waals surface area contributed by atoms with Crippen molar-refractivity contribution in [3.05, 3.63) is 11.8 Å². The molecule has 0 radical (unpaired) electrons. The van der Waals surface area contributed by atoms with Gasteiger partial charge in [0.1, 0.15) is 5.82 Å². The van der Waals surface area contributed by atoms with Crippen molar-refractivity contribution in [1.29, 1.82) is 0 Å². The highest BCUT2D eigenvalue weighted by atomic mass is 15.1. The van der Waals surface area contributed by atoms with E-state index >= 15 is 0 Å². The van der Waals surface area contributed by atoms with Gasteiger partial charge in [0, 0.05) is 24.3 Å². The Morgan fingerprint density at radius 2 is 1.95 bits per heavy atom. The third kappa shape index (κ3) is 6.41. The molecule has 0 spiro atoms. The smallest absolute Gasteiger partial charge is 0.224 e. The molecule has 1 rings (SSSR count). The van der Waals surface area contributed by atoms with Gasteiger partial charge in [0.05, 0.1) is 0 Å². The Morgan fingerprint density at radius 3 is 2.63 bits per heavy atom. The molecule has 0 amide bonds. The van der Waals surface area contributed by atoms with Gasteiger partial charge in [-0.3, -0.25) is 0 Å². The van der Waals surface area contributed by atoms with E-state index in [1.165, 1.54) is 32.1 Å². The van der Waals surface area contributed by atoms with Gasteiger partial charge in [-0.1, -0.05) is 32.6 Å². The maximum Gasteiger partial charge on any atom is 0.224 e. The Bertz CT molecular complexity index is 365. The number of rotatable bonds is 9. The minimum absolute atomic E-state index is 0.459. The van der Waals surface area contributed by atoms with Crippen molar-refractivity contribution in [2.45, 2.75) is 65.8 Å². The molecule has 4 nitrogen and oxygen atoms in total. The zero-order valence-corrected chi connectivity index (χ0v) is 12.8. The number of nitrogens with one attached hydrogen (secondary N) is 2. The number of hydrogen-bond acceptors (Lipinski definition) is 4. The lowest BCUT2D eigenvalue weighted by Crippen LogP contribution is -2.17. The standard InChI is InChI=1S/C15H28N4/c1-5-7-8-9-10-12(3)17-14-11-13(4)18-15(19-14)16-6-2/h11-12H,5-10H2,1-4H3,(H2,16,17,18,19). The Kier molecular flexibility index (Phi) is 7.23. The SMILES string of the molecule is CCCCCCC(C)Nc1cc(C)nc(NCC)n1. The number of hydrogen-bond donors (Lipinski definition) is 2. The van der Waals surface area contributed by atoms with E-state index in [0.717, 1.165) is 18.1 Å². The van der Waals surface area contributed by atoms with Crippen LogP contribution in [-0.4, -0.2) is 22.6 Å². The van der Waals surface area contributed by atoms with Crippen LogP contribution in [0.15, 0.2) is 6.07 Å². The fraction of sp³-hybridized carbons (Fsp3) is 0.733. The van der Waals surface area contributed by atoms with Crippen LogP contribution in [0.4, 0.5) is 11.8 Å². The monoisotopic (exact) mass is 264 g/mol. The van der Waals surface area contributed by atoms with Crippen LogP contribution in [0.5, 0.6) is 0 Å². The lowest BCUT2D eigenvalue weighted by molar-refractivity contribution is 0.593. The molecule has 0 bridgehead atoms. The molecule has 0 aliphatic rings. The van der Waals surface area contributed by atoms with E-state index in [0.29, 0.717) is 12.0 Å². The van der Waals surface area contributed by atoms with Crippen molar-refractivity contribution in [2.24, 2.45) is 0 Å². The second-order valence-corrected chi connectivity index (χ2v) is 5.14. The van der Waals surface area contributed by atoms with Crippen LogP contribution in [0.25, 0.3) is 0 Å². The molecule has 2 N–H and O–H groups in total. The molecule has 0 aliphatic heterocycles. The summed E-state index contributed by atoms with van der Waals surface area (Å²) in [5, 5.41) is 6.63. The molecule has 0 saturated heterocycles. The van der Waals surface area contributed by atoms with E-state index in [9.17, 15) is 0 Å². The Balaban J connectivity index is 2.46. The van der Waals surface area contributed by atoms with Crippen LogP contribution in [-0.2, 0) is 0 Å². The van der Waals surface area contributed by atoms with Gasteiger partial charge in [-0.05, 0) is 27.2 Å². The molecular formula is C15H28N4. The third-order valence-electron chi connectivity index (χ3n) is 3.07. The topological polar surface area (TPSA) is 49.8 Å². The summed E-state index contributed by atoms with van der Waals surface area (Å²) in [5.41, 5.74) is 0.992. The summed E-state index contributed by atoms with van der Waals surface area (Å²) in [5.74, 6) is 1.63. The highest BCUT2D eigenvalue weighted by Gasteiger charge is 2.05. The number of aromatic nitrogens is 2. The average Bonchev–Trinajstić information content (AvgIpc) is 2.34. The quantitative estimate of drug-likeness (QED) is 0.662. The van der Waals surface area contributed by atoms with E-state index in [2.05, 4.69) is 41.4 Å². The van der Waals surface area contributed by atoms with Crippen molar-refractivity contribution in [3.8, 4) is 0 Å². The summed E-state index contributed by atoms with van der Waals surface area (Å²) >= 11 is 0. The number of anilines is 2. The second kappa shape index (κ2) is 8.73. The van der Waals surface area contributed by atoms with Crippen LogP contribution in [0.2, 0.25) is 0 Å². The number of nitrogens with zero attached hydrogens (tertiary/aromatic N) is 2. The first-order valence-corrected chi connectivity index (χ1v) is 7.51. The summed E-state index contributed by atoms with van der Waals surface area (Å²) in [6, 6.07) is 2.46. The molecule has 0 aromatic carbocycles. The summed E-state index contributed by atoms with van der Waals surface area (Å²) in [7, 11) is 0. The Hall–Kier alpha value is -1.32. The van der Waals surface area contributed by atoms with Crippen LogP contribution in [0.1, 0.15) is 58.6 Å². The Morgan fingerprint density at radius 1 is 1.16 bits per heavy atom. The molecule has 1 unspecified atom stereocenters. The van der Waals surface area contributed by atoms with E-state index in [1.54, 1.807) is 0 Å². The molecule has 0 fully saturated rings. The summed E-state index contributed by atoms with van der Waals surface area (Å²) in [4.78, 5) is 8.83. The number of unbranched alkanes of at least 4 members (excludes halogenated alkanes) is 3. The minimum Gasteiger partial charge on any atom is -0.367 e. The predicted molar refractivity (Wildman–Crippen MR) is 82.8 cm³/mol.